The van der Waals surface area contributed by atoms with E-state index in [1.165, 1.54) is 52.0 Å². The van der Waals surface area contributed by atoms with Gasteiger partial charge in [0.1, 0.15) is 0 Å². The molecule has 3 fully saturated rings. The summed E-state index contributed by atoms with van der Waals surface area (Å²) in [4.78, 5) is 5.29. The minimum absolute atomic E-state index is 0.404. The SMILES string of the molecule is CC1CN(C)CCC1N1CCNC(C)(C2CC2)C1. The third kappa shape index (κ3) is 2.45. The van der Waals surface area contributed by atoms with Crippen molar-refractivity contribution in [2.75, 3.05) is 39.8 Å². The molecule has 0 spiro atoms. The molecule has 0 radical (unpaired) electrons. The molecule has 0 aromatic heterocycles. The zero-order chi connectivity index (χ0) is 12.8. The molecule has 104 valence electrons. The van der Waals surface area contributed by atoms with Crippen LogP contribution in [0.25, 0.3) is 0 Å². The van der Waals surface area contributed by atoms with Gasteiger partial charge in [-0.3, -0.25) is 4.90 Å². The Balaban J connectivity index is 1.64. The van der Waals surface area contributed by atoms with Crippen LogP contribution in [-0.4, -0.2) is 61.2 Å². The van der Waals surface area contributed by atoms with Crippen molar-refractivity contribution < 1.29 is 0 Å². The van der Waals surface area contributed by atoms with Crippen LogP contribution in [0.15, 0.2) is 0 Å². The fourth-order valence-electron chi connectivity index (χ4n) is 4.20. The molecule has 3 aliphatic rings. The highest BCUT2D eigenvalue weighted by Crippen LogP contribution is 2.41. The number of nitrogens with zero attached hydrogens (tertiary/aromatic N) is 2. The first-order valence-electron chi connectivity index (χ1n) is 7.76. The predicted molar refractivity (Wildman–Crippen MR) is 75.8 cm³/mol. The van der Waals surface area contributed by atoms with Crippen LogP contribution in [0.5, 0.6) is 0 Å². The van der Waals surface area contributed by atoms with E-state index in [0.29, 0.717) is 5.54 Å². The minimum atomic E-state index is 0.404. The van der Waals surface area contributed by atoms with Crippen molar-refractivity contribution in [3.63, 3.8) is 0 Å². The van der Waals surface area contributed by atoms with Gasteiger partial charge in [-0.25, -0.2) is 0 Å². The molecule has 3 unspecified atom stereocenters. The van der Waals surface area contributed by atoms with E-state index in [-0.39, 0.29) is 0 Å². The van der Waals surface area contributed by atoms with E-state index in [4.69, 9.17) is 0 Å². The van der Waals surface area contributed by atoms with E-state index in [2.05, 4.69) is 36.0 Å². The summed E-state index contributed by atoms with van der Waals surface area (Å²) in [5.41, 5.74) is 0.404. The van der Waals surface area contributed by atoms with Crippen molar-refractivity contribution in [3.05, 3.63) is 0 Å². The Morgan fingerprint density at radius 1 is 1.17 bits per heavy atom. The number of hydrogen-bond donors (Lipinski definition) is 1. The molecule has 3 heteroatoms. The van der Waals surface area contributed by atoms with E-state index < -0.39 is 0 Å². The van der Waals surface area contributed by atoms with E-state index in [9.17, 15) is 0 Å². The molecule has 18 heavy (non-hydrogen) atoms. The number of rotatable bonds is 2. The molecule has 2 heterocycles. The third-order valence-corrected chi connectivity index (χ3v) is 5.47. The van der Waals surface area contributed by atoms with Crippen LogP contribution in [0.3, 0.4) is 0 Å². The highest BCUT2D eigenvalue weighted by atomic mass is 15.3. The molecule has 2 aliphatic heterocycles. The average Bonchev–Trinajstić information content (AvgIpc) is 3.12. The van der Waals surface area contributed by atoms with Crippen molar-refractivity contribution >= 4 is 0 Å². The second-order valence-electron chi connectivity index (χ2n) is 7.18. The first kappa shape index (κ1) is 12.9. The summed E-state index contributed by atoms with van der Waals surface area (Å²) in [6, 6.07) is 0.821. The summed E-state index contributed by atoms with van der Waals surface area (Å²) in [6.07, 6.45) is 4.25. The maximum absolute atomic E-state index is 3.80. The number of hydrogen-bond acceptors (Lipinski definition) is 3. The zero-order valence-electron chi connectivity index (χ0n) is 12.3. The topological polar surface area (TPSA) is 18.5 Å². The van der Waals surface area contributed by atoms with E-state index in [1.54, 1.807) is 0 Å². The van der Waals surface area contributed by atoms with Crippen molar-refractivity contribution in [1.29, 1.82) is 0 Å². The Morgan fingerprint density at radius 3 is 2.61 bits per heavy atom. The molecule has 1 N–H and O–H groups in total. The smallest absolute Gasteiger partial charge is 0.0309 e. The highest BCUT2D eigenvalue weighted by Gasteiger charge is 2.45. The quantitative estimate of drug-likeness (QED) is 0.800. The van der Waals surface area contributed by atoms with Gasteiger partial charge in [-0.05, 0) is 51.6 Å². The highest BCUT2D eigenvalue weighted by molar-refractivity contribution is 5.03. The summed E-state index contributed by atoms with van der Waals surface area (Å²) in [7, 11) is 2.26. The van der Waals surface area contributed by atoms with Gasteiger partial charge in [0.2, 0.25) is 0 Å². The van der Waals surface area contributed by atoms with Gasteiger partial charge in [0.15, 0.2) is 0 Å². The molecule has 3 nitrogen and oxygen atoms in total. The molecule has 0 amide bonds. The second kappa shape index (κ2) is 4.77. The molecule has 3 atom stereocenters. The molecule has 1 saturated carbocycles. The van der Waals surface area contributed by atoms with E-state index in [0.717, 1.165) is 17.9 Å². The molecule has 0 bridgehead atoms. The van der Waals surface area contributed by atoms with Gasteiger partial charge >= 0.3 is 0 Å². The first-order valence-corrected chi connectivity index (χ1v) is 7.76. The molecule has 3 rings (SSSR count). The lowest BCUT2D eigenvalue weighted by atomic mass is 9.87. The van der Waals surface area contributed by atoms with E-state index in [1.807, 2.05) is 0 Å². The average molecular weight is 251 g/mol. The number of nitrogens with one attached hydrogen (secondary N) is 1. The Labute approximate surface area is 112 Å². The zero-order valence-corrected chi connectivity index (χ0v) is 12.3. The maximum Gasteiger partial charge on any atom is 0.0309 e. The van der Waals surface area contributed by atoms with Crippen molar-refractivity contribution in [2.24, 2.45) is 11.8 Å². The Kier molecular flexibility index (Phi) is 3.41. The van der Waals surface area contributed by atoms with Crippen molar-refractivity contribution in [1.82, 2.24) is 15.1 Å². The largest absolute Gasteiger partial charge is 0.309 e. The monoisotopic (exact) mass is 251 g/mol. The number of piperazine rings is 1. The van der Waals surface area contributed by atoms with Gasteiger partial charge in [0.05, 0.1) is 0 Å². The Bertz CT molecular complexity index is 302. The van der Waals surface area contributed by atoms with Crippen molar-refractivity contribution in [3.8, 4) is 0 Å². The molecule has 1 aliphatic carbocycles. The minimum Gasteiger partial charge on any atom is -0.309 e. The van der Waals surface area contributed by atoms with Crippen LogP contribution in [0.2, 0.25) is 0 Å². The molecular weight excluding hydrogens is 222 g/mol. The standard InChI is InChI=1S/C15H29N3/c1-12-10-17(3)8-6-14(12)18-9-7-16-15(2,11-18)13-4-5-13/h12-14,16H,4-11H2,1-3H3. The maximum atomic E-state index is 3.80. The lowest BCUT2D eigenvalue weighted by Gasteiger charge is -2.49. The van der Waals surface area contributed by atoms with Gasteiger partial charge in [-0.15, -0.1) is 0 Å². The molecule has 0 aromatic carbocycles. The predicted octanol–water partition coefficient (Wildman–Crippen LogP) is 1.40. The summed E-state index contributed by atoms with van der Waals surface area (Å²) in [5.74, 6) is 1.77. The number of likely N-dealkylation sites (tertiary alicyclic amines) is 1. The normalized spacial score (nSPS) is 44.2. The van der Waals surface area contributed by atoms with Crippen LogP contribution >= 0.6 is 0 Å². The van der Waals surface area contributed by atoms with Gasteiger partial charge in [0, 0.05) is 37.8 Å². The van der Waals surface area contributed by atoms with Gasteiger partial charge in [-0.1, -0.05) is 6.92 Å². The van der Waals surface area contributed by atoms with Crippen LogP contribution < -0.4 is 5.32 Å². The fraction of sp³-hybridized carbons (Fsp3) is 1.00. The first-order chi connectivity index (χ1) is 8.58. The van der Waals surface area contributed by atoms with Gasteiger partial charge in [-0.2, -0.15) is 0 Å². The van der Waals surface area contributed by atoms with Crippen LogP contribution in [0, 0.1) is 11.8 Å². The third-order valence-electron chi connectivity index (χ3n) is 5.47. The molecular formula is C15H29N3. The van der Waals surface area contributed by atoms with Crippen LogP contribution in [0.4, 0.5) is 0 Å². The lowest BCUT2D eigenvalue weighted by Crippen LogP contribution is -2.64. The van der Waals surface area contributed by atoms with Crippen LogP contribution in [-0.2, 0) is 0 Å². The molecule has 2 saturated heterocycles. The van der Waals surface area contributed by atoms with Gasteiger partial charge in [0.25, 0.3) is 0 Å². The summed E-state index contributed by atoms with van der Waals surface area (Å²) in [5, 5.41) is 3.80. The lowest BCUT2D eigenvalue weighted by molar-refractivity contribution is 0.0285. The summed E-state index contributed by atoms with van der Waals surface area (Å²) in [6.45, 7) is 11.2. The van der Waals surface area contributed by atoms with E-state index >= 15 is 0 Å². The number of piperidine rings is 1. The Morgan fingerprint density at radius 2 is 1.94 bits per heavy atom. The Hall–Kier alpha value is -0.120. The van der Waals surface area contributed by atoms with Crippen molar-refractivity contribution in [2.45, 2.75) is 44.7 Å². The summed E-state index contributed by atoms with van der Waals surface area (Å²) < 4.78 is 0. The fourth-order valence-corrected chi connectivity index (χ4v) is 4.20. The summed E-state index contributed by atoms with van der Waals surface area (Å²) >= 11 is 0. The second-order valence-corrected chi connectivity index (χ2v) is 7.18. The van der Waals surface area contributed by atoms with Crippen LogP contribution in [0.1, 0.15) is 33.1 Å². The van der Waals surface area contributed by atoms with Gasteiger partial charge < -0.3 is 10.2 Å². The molecule has 0 aromatic rings.